The van der Waals surface area contributed by atoms with E-state index < -0.39 is 68.7 Å². The fraction of sp³-hybridized carbons (Fsp3) is 0.364. The highest BCUT2D eigenvalue weighted by atomic mass is 35.5. The number of carbonyl (C=O) groups is 4. The molecule has 0 bridgehead atoms. The third kappa shape index (κ3) is 2.41. The number of nitrogens with two attached hydrogens (primary N) is 1. The lowest BCUT2D eigenvalue weighted by atomic mass is 9.53. The molecular weight excluding hydrogens is 440 g/mol. The standard InChI is InChI=1S/C22H21ClN2O7/c1-8-9-5-4-6-12(26)13(9)17(28)21(23)10(8)7-11-15(25(2)3)16(27)14(19(24)30)18(29)22(11,32)20(21)31/h4-6,10-11,15,26,29,32H,1,7H2,2-3H3,(H2,24,30)/t10-,11+,15+,21+,22-/m1/s1. The van der Waals surface area contributed by atoms with E-state index in [9.17, 15) is 34.5 Å². The minimum atomic E-state index is -2.83. The third-order valence-electron chi connectivity index (χ3n) is 6.85. The van der Waals surface area contributed by atoms with E-state index in [1.54, 1.807) is 6.07 Å². The van der Waals surface area contributed by atoms with Crippen molar-refractivity contribution in [1.82, 2.24) is 4.90 Å². The summed E-state index contributed by atoms with van der Waals surface area (Å²) in [6, 6.07) is 3.10. The van der Waals surface area contributed by atoms with Crippen molar-refractivity contribution in [1.29, 1.82) is 0 Å². The molecule has 1 saturated carbocycles. The van der Waals surface area contributed by atoms with Gasteiger partial charge in [0.15, 0.2) is 22.0 Å². The summed E-state index contributed by atoms with van der Waals surface area (Å²) in [4.78, 5) is 51.1. The molecule has 3 aliphatic carbocycles. The number of hydrogen-bond acceptors (Lipinski definition) is 8. The topological polar surface area (TPSA) is 158 Å². The number of fused-ring (bicyclic) bond motifs is 3. The molecule has 0 saturated heterocycles. The number of aliphatic hydroxyl groups is 2. The van der Waals surface area contributed by atoms with E-state index in [0.29, 0.717) is 5.56 Å². The van der Waals surface area contributed by atoms with Crippen LogP contribution >= 0.6 is 11.6 Å². The van der Waals surface area contributed by atoms with E-state index in [0.717, 1.165) is 0 Å². The highest BCUT2D eigenvalue weighted by Crippen LogP contribution is 2.58. The Bertz CT molecular complexity index is 1170. The second-order valence-electron chi connectivity index (χ2n) is 8.62. The first-order valence-corrected chi connectivity index (χ1v) is 10.1. The number of rotatable bonds is 2. The normalized spacial score (nSPS) is 34.3. The van der Waals surface area contributed by atoms with E-state index >= 15 is 0 Å². The molecule has 0 aliphatic heterocycles. The first-order valence-electron chi connectivity index (χ1n) is 9.77. The molecule has 0 heterocycles. The van der Waals surface area contributed by atoms with Crippen LogP contribution in [0, 0.1) is 11.8 Å². The highest BCUT2D eigenvalue weighted by molar-refractivity contribution is 6.52. The Labute approximate surface area is 187 Å². The molecule has 5 N–H and O–H groups in total. The van der Waals surface area contributed by atoms with Crippen LogP contribution in [-0.4, -0.2) is 74.1 Å². The first kappa shape index (κ1) is 22.2. The zero-order valence-corrected chi connectivity index (χ0v) is 18.0. The second kappa shape index (κ2) is 6.74. The van der Waals surface area contributed by atoms with E-state index in [1.807, 2.05) is 0 Å². The Hall–Kier alpha value is -3.01. The van der Waals surface area contributed by atoms with Crippen LogP contribution in [0.25, 0.3) is 5.57 Å². The third-order valence-corrected chi connectivity index (χ3v) is 7.45. The summed E-state index contributed by atoms with van der Waals surface area (Å²) >= 11 is 6.66. The van der Waals surface area contributed by atoms with Crippen molar-refractivity contribution in [2.24, 2.45) is 17.6 Å². The number of carbonyl (C=O) groups excluding carboxylic acids is 4. The molecule has 0 unspecified atom stereocenters. The van der Waals surface area contributed by atoms with Gasteiger partial charge in [0.2, 0.25) is 5.78 Å². The van der Waals surface area contributed by atoms with Gasteiger partial charge in [-0.3, -0.25) is 24.1 Å². The maximum absolute atomic E-state index is 13.8. The van der Waals surface area contributed by atoms with Crippen LogP contribution in [0.1, 0.15) is 22.3 Å². The van der Waals surface area contributed by atoms with Gasteiger partial charge in [-0.1, -0.05) is 18.7 Å². The average molecular weight is 461 g/mol. The Morgan fingerprint density at radius 1 is 1.25 bits per heavy atom. The van der Waals surface area contributed by atoms with E-state index in [1.165, 1.54) is 31.1 Å². The molecular formula is C22H21ClN2O7. The van der Waals surface area contributed by atoms with Gasteiger partial charge in [-0.2, -0.15) is 0 Å². The number of ketones is 3. The number of aromatic hydroxyl groups is 1. The SMILES string of the molecule is C=C1c2cccc(O)c2C(=O)[C@]2(Cl)C(=O)[C@]3(O)C(O)=C(C(N)=O)C(=O)[C@@H](N(C)C)[C@@H]3C[C@H]12. The van der Waals surface area contributed by atoms with Crippen molar-refractivity contribution < 1.29 is 34.5 Å². The summed E-state index contributed by atoms with van der Waals surface area (Å²) < 4.78 is 0. The van der Waals surface area contributed by atoms with Gasteiger partial charge in [0, 0.05) is 11.8 Å². The molecule has 3 aliphatic rings. The van der Waals surface area contributed by atoms with Gasteiger partial charge in [-0.05, 0) is 37.7 Å². The van der Waals surface area contributed by atoms with Gasteiger partial charge in [0.25, 0.3) is 5.91 Å². The molecule has 9 nitrogen and oxygen atoms in total. The molecule has 1 amide bonds. The molecule has 1 fully saturated rings. The van der Waals surface area contributed by atoms with E-state index in [-0.39, 0.29) is 17.6 Å². The largest absolute Gasteiger partial charge is 0.508 e. The monoisotopic (exact) mass is 460 g/mol. The van der Waals surface area contributed by atoms with Crippen molar-refractivity contribution in [3.05, 3.63) is 47.2 Å². The maximum Gasteiger partial charge on any atom is 0.255 e. The zero-order valence-electron chi connectivity index (χ0n) is 17.3. The van der Waals surface area contributed by atoms with Gasteiger partial charge in [-0.15, -0.1) is 11.6 Å². The number of likely N-dealkylation sites (N-methyl/N-ethyl adjacent to an activating group) is 1. The van der Waals surface area contributed by atoms with Crippen molar-refractivity contribution in [2.75, 3.05) is 14.1 Å². The zero-order chi connectivity index (χ0) is 23.9. The molecule has 10 heteroatoms. The number of primary amides is 1. The predicted molar refractivity (Wildman–Crippen MR) is 113 cm³/mol. The molecule has 168 valence electrons. The van der Waals surface area contributed by atoms with Crippen molar-refractivity contribution in [3.8, 4) is 5.75 Å². The first-order chi connectivity index (χ1) is 14.8. The van der Waals surface area contributed by atoms with Crippen molar-refractivity contribution in [2.45, 2.75) is 22.9 Å². The van der Waals surface area contributed by atoms with Crippen LogP contribution in [0.2, 0.25) is 0 Å². The van der Waals surface area contributed by atoms with Crippen LogP contribution in [0.3, 0.4) is 0 Å². The number of phenols is 1. The maximum atomic E-state index is 13.8. The van der Waals surface area contributed by atoms with Crippen LogP contribution in [0.4, 0.5) is 0 Å². The number of aliphatic hydroxyl groups excluding tert-OH is 1. The van der Waals surface area contributed by atoms with Crippen LogP contribution < -0.4 is 5.73 Å². The minimum absolute atomic E-state index is 0.184. The van der Waals surface area contributed by atoms with Crippen LogP contribution in [0.15, 0.2) is 36.1 Å². The van der Waals surface area contributed by atoms with Crippen LogP contribution in [0.5, 0.6) is 5.75 Å². The number of amides is 1. The summed E-state index contributed by atoms with van der Waals surface area (Å²) in [5, 5.41) is 32.6. The number of halogens is 1. The van der Waals surface area contributed by atoms with Gasteiger partial charge < -0.3 is 21.1 Å². The van der Waals surface area contributed by atoms with E-state index in [2.05, 4.69) is 6.58 Å². The Morgan fingerprint density at radius 3 is 2.44 bits per heavy atom. The number of Topliss-reactive ketones (excluding diaryl/α,β-unsaturated/α-hetero) is 3. The summed E-state index contributed by atoms with van der Waals surface area (Å²) in [5.74, 6) is -8.37. The van der Waals surface area contributed by atoms with E-state index in [4.69, 9.17) is 17.3 Å². The quantitative estimate of drug-likeness (QED) is 0.279. The van der Waals surface area contributed by atoms with Gasteiger partial charge in [0.05, 0.1) is 11.6 Å². The van der Waals surface area contributed by atoms with Crippen molar-refractivity contribution >= 4 is 40.4 Å². The summed E-state index contributed by atoms with van der Waals surface area (Å²) in [5.41, 5.74) is 1.87. The number of benzene rings is 1. The number of phenolic OH excluding ortho intramolecular Hbond substituents is 1. The smallest absolute Gasteiger partial charge is 0.255 e. The molecule has 0 spiro atoms. The highest BCUT2D eigenvalue weighted by Gasteiger charge is 2.72. The van der Waals surface area contributed by atoms with Crippen molar-refractivity contribution in [3.63, 3.8) is 0 Å². The van der Waals surface area contributed by atoms with Crippen LogP contribution in [-0.2, 0) is 14.4 Å². The molecule has 1 aromatic rings. The van der Waals surface area contributed by atoms with Gasteiger partial charge >= 0.3 is 0 Å². The molecule has 0 radical (unpaired) electrons. The lowest BCUT2D eigenvalue weighted by Gasteiger charge is -2.54. The summed E-state index contributed by atoms with van der Waals surface area (Å²) in [6.07, 6.45) is -0.184. The lowest BCUT2D eigenvalue weighted by molar-refractivity contribution is -0.160. The molecule has 5 atom stereocenters. The fourth-order valence-corrected chi connectivity index (χ4v) is 5.82. The summed E-state index contributed by atoms with van der Waals surface area (Å²) in [6.45, 7) is 3.98. The number of nitrogens with zero attached hydrogens (tertiary/aromatic N) is 1. The molecule has 4 rings (SSSR count). The lowest BCUT2D eigenvalue weighted by Crippen LogP contribution is -2.72. The van der Waals surface area contributed by atoms with Gasteiger partial charge in [-0.25, -0.2) is 0 Å². The number of alkyl halides is 1. The Morgan fingerprint density at radius 2 is 1.88 bits per heavy atom. The molecule has 0 aromatic heterocycles. The fourth-order valence-electron chi connectivity index (χ4n) is 5.36. The average Bonchev–Trinajstić information content (AvgIpc) is 2.70. The number of allylic oxidation sites excluding steroid dienone is 1. The Balaban J connectivity index is 2.02. The molecule has 1 aromatic carbocycles. The minimum Gasteiger partial charge on any atom is -0.508 e. The predicted octanol–water partition coefficient (Wildman–Crippen LogP) is 0.326. The second-order valence-corrected chi connectivity index (χ2v) is 9.21. The summed E-state index contributed by atoms with van der Waals surface area (Å²) in [7, 11) is 3.01. The number of hydrogen-bond donors (Lipinski definition) is 4. The van der Waals surface area contributed by atoms with Gasteiger partial charge in [0.1, 0.15) is 17.1 Å². The molecule has 32 heavy (non-hydrogen) atoms. The Kier molecular flexibility index (Phi) is 4.68.